The molecule has 18 heavy (non-hydrogen) atoms. The number of hydrogen-bond acceptors (Lipinski definition) is 3. The van der Waals surface area contributed by atoms with Crippen LogP contribution in [0.15, 0.2) is 29.2 Å². The summed E-state index contributed by atoms with van der Waals surface area (Å²) in [5, 5.41) is 12.5. The molecule has 1 aromatic rings. The molecule has 0 spiro atoms. The minimum atomic E-state index is -0.554. The molecule has 0 aliphatic rings. The molecule has 1 aromatic carbocycles. The molecule has 0 fully saturated rings. The highest BCUT2D eigenvalue weighted by molar-refractivity contribution is 7.99. The zero-order valence-corrected chi connectivity index (χ0v) is 12.1. The zero-order chi connectivity index (χ0) is 13.6. The topological polar surface area (TPSA) is 49.3 Å². The first-order valence-electron chi connectivity index (χ1n) is 5.73. The first-order valence-corrected chi connectivity index (χ1v) is 7.09. The minimum absolute atomic E-state index is 0.0458. The van der Waals surface area contributed by atoms with E-state index < -0.39 is 5.54 Å². The number of benzene rings is 1. The number of hydrogen-bond donors (Lipinski definition) is 2. The molecule has 100 valence electrons. The van der Waals surface area contributed by atoms with Gasteiger partial charge in [-0.3, -0.25) is 4.79 Å². The molecule has 2 N–H and O–H groups in total. The Hall–Kier alpha value is -0.710. The van der Waals surface area contributed by atoms with E-state index in [0.717, 1.165) is 4.90 Å². The number of halogens is 1. The SMILES string of the molecule is CC(C)(CO)NC(=O)CCSc1ccc(Cl)cc1. The number of carbonyl (C=O) groups excluding carboxylic acids is 1. The number of aliphatic hydroxyl groups excluding tert-OH is 1. The fourth-order valence-corrected chi connectivity index (χ4v) is 2.25. The quantitative estimate of drug-likeness (QED) is 0.791. The van der Waals surface area contributed by atoms with E-state index in [9.17, 15) is 4.79 Å². The van der Waals surface area contributed by atoms with Crippen LogP contribution in [0.25, 0.3) is 0 Å². The lowest BCUT2D eigenvalue weighted by Crippen LogP contribution is -2.46. The van der Waals surface area contributed by atoms with E-state index in [1.165, 1.54) is 0 Å². The molecule has 1 amide bonds. The van der Waals surface area contributed by atoms with Gasteiger partial charge in [0, 0.05) is 22.1 Å². The monoisotopic (exact) mass is 287 g/mol. The maximum atomic E-state index is 11.6. The molecule has 0 saturated heterocycles. The summed E-state index contributed by atoms with van der Waals surface area (Å²) in [6.45, 7) is 3.51. The maximum absolute atomic E-state index is 11.6. The van der Waals surface area contributed by atoms with Crippen molar-refractivity contribution in [1.29, 1.82) is 0 Å². The molecule has 0 heterocycles. The summed E-state index contributed by atoms with van der Waals surface area (Å²) in [5.41, 5.74) is -0.554. The van der Waals surface area contributed by atoms with E-state index in [1.807, 2.05) is 24.3 Å². The minimum Gasteiger partial charge on any atom is -0.394 e. The zero-order valence-electron chi connectivity index (χ0n) is 10.6. The van der Waals surface area contributed by atoms with Gasteiger partial charge in [-0.1, -0.05) is 11.6 Å². The molecule has 5 heteroatoms. The number of carbonyl (C=O) groups is 1. The molecule has 0 atom stereocenters. The largest absolute Gasteiger partial charge is 0.394 e. The Balaban J connectivity index is 2.29. The Morgan fingerprint density at radius 3 is 2.56 bits per heavy atom. The van der Waals surface area contributed by atoms with Gasteiger partial charge in [0.25, 0.3) is 0 Å². The van der Waals surface area contributed by atoms with E-state index in [4.69, 9.17) is 16.7 Å². The van der Waals surface area contributed by atoms with Crippen molar-refractivity contribution in [3.05, 3.63) is 29.3 Å². The lowest BCUT2D eigenvalue weighted by Gasteiger charge is -2.23. The average Bonchev–Trinajstić information content (AvgIpc) is 2.31. The smallest absolute Gasteiger partial charge is 0.221 e. The van der Waals surface area contributed by atoms with Crippen molar-refractivity contribution in [3.8, 4) is 0 Å². The average molecular weight is 288 g/mol. The predicted octanol–water partition coefficient (Wildman–Crippen LogP) is 2.71. The van der Waals surface area contributed by atoms with Crippen LogP contribution in [0.3, 0.4) is 0 Å². The fraction of sp³-hybridized carbons (Fsp3) is 0.462. The Labute approximate surface area is 117 Å². The van der Waals surface area contributed by atoms with Gasteiger partial charge in [-0.25, -0.2) is 0 Å². The van der Waals surface area contributed by atoms with Gasteiger partial charge in [0.15, 0.2) is 0 Å². The van der Waals surface area contributed by atoms with Crippen LogP contribution in [-0.2, 0) is 4.79 Å². The Bertz CT molecular complexity index is 392. The Kier molecular flexibility index (Phi) is 5.99. The molecular weight excluding hydrogens is 270 g/mol. The van der Waals surface area contributed by atoms with Crippen LogP contribution in [-0.4, -0.2) is 28.9 Å². The summed E-state index contributed by atoms with van der Waals surface area (Å²) >= 11 is 7.40. The molecule has 0 aliphatic heterocycles. The van der Waals surface area contributed by atoms with E-state index in [0.29, 0.717) is 17.2 Å². The van der Waals surface area contributed by atoms with Crippen LogP contribution in [0, 0.1) is 0 Å². The lowest BCUT2D eigenvalue weighted by atomic mass is 10.1. The van der Waals surface area contributed by atoms with Gasteiger partial charge in [0.1, 0.15) is 0 Å². The van der Waals surface area contributed by atoms with Gasteiger partial charge in [-0.05, 0) is 38.1 Å². The second kappa shape index (κ2) is 7.02. The summed E-state index contributed by atoms with van der Waals surface area (Å²) < 4.78 is 0. The molecular formula is C13H18ClNO2S. The molecule has 0 unspecified atom stereocenters. The van der Waals surface area contributed by atoms with Crippen molar-refractivity contribution in [2.75, 3.05) is 12.4 Å². The Morgan fingerprint density at radius 2 is 2.00 bits per heavy atom. The lowest BCUT2D eigenvalue weighted by molar-refractivity contribution is -0.122. The summed E-state index contributed by atoms with van der Waals surface area (Å²) in [6.07, 6.45) is 0.427. The highest BCUT2D eigenvalue weighted by Crippen LogP contribution is 2.20. The van der Waals surface area contributed by atoms with Gasteiger partial charge in [-0.2, -0.15) is 0 Å². The molecule has 3 nitrogen and oxygen atoms in total. The van der Waals surface area contributed by atoms with Gasteiger partial charge in [0.05, 0.1) is 12.1 Å². The maximum Gasteiger partial charge on any atom is 0.221 e. The van der Waals surface area contributed by atoms with E-state index in [1.54, 1.807) is 25.6 Å². The van der Waals surface area contributed by atoms with Gasteiger partial charge < -0.3 is 10.4 Å². The van der Waals surface area contributed by atoms with E-state index in [2.05, 4.69) is 5.32 Å². The summed E-state index contributed by atoms with van der Waals surface area (Å²) in [7, 11) is 0. The molecule has 0 radical (unpaired) electrons. The first-order chi connectivity index (χ1) is 8.43. The number of amides is 1. The number of aliphatic hydroxyl groups is 1. The first kappa shape index (κ1) is 15.3. The number of rotatable bonds is 6. The van der Waals surface area contributed by atoms with Crippen LogP contribution < -0.4 is 5.32 Å². The van der Waals surface area contributed by atoms with Crippen LogP contribution in [0.1, 0.15) is 20.3 Å². The highest BCUT2D eigenvalue weighted by Gasteiger charge is 2.18. The van der Waals surface area contributed by atoms with E-state index in [-0.39, 0.29) is 12.5 Å². The standard InChI is InChI=1S/C13H18ClNO2S/c1-13(2,9-16)15-12(17)7-8-18-11-5-3-10(14)4-6-11/h3-6,16H,7-9H2,1-2H3,(H,15,17). The second-order valence-electron chi connectivity index (χ2n) is 4.64. The van der Waals surface area contributed by atoms with Crippen LogP contribution in [0.4, 0.5) is 0 Å². The molecule has 0 aromatic heterocycles. The van der Waals surface area contributed by atoms with Crippen LogP contribution in [0.5, 0.6) is 0 Å². The van der Waals surface area contributed by atoms with Crippen LogP contribution >= 0.6 is 23.4 Å². The van der Waals surface area contributed by atoms with Crippen molar-refractivity contribution in [2.24, 2.45) is 0 Å². The number of thioether (sulfide) groups is 1. The molecule has 1 rings (SSSR count). The third-order valence-electron chi connectivity index (χ3n) is 2.28. The summed E-state index contributed by atoms with van der Waals surface area (Å²) in [5.74, 6) is 0.658. The van der Waals surface area contributed by atoms with Crippen molar-refractivity contribution in [2.45, 2.75) is 30.7 Å². The summed E-state index contributed by atoms with van der Waals surface area (Å²) in [6, 6.07) is 7.53. The van der Waals surface area contributed by atoms with Gasteiger partial charge >= 0.3 is 0 Å². The predicted molar refractivity (Wildman–Crippen MR) is 76.1 cm³/mol. The third kappa shape index (κ3) is 5.76. The van der Waals surface area contributed by atoms with Crippen molar-refractivity contribution >= 4 is 29.3 Å². The van der Waals surface area contributed by atoms with Gasteiger partial charge in [-0.15, -0.1) is 11.8 Å². The molecule has 0 aliphatic carbocycles. The van der Waals surface area contributed by atoms with E-state index >= 15 is 0 Å². The fourth-order valence-electron chi connectivity index (χ4n) is 1.27. The Morgan fingerprint density at radius 1 is 1.39 bits per heavy atom. The highest BCUT2D eigenvalue weighted by atomic mass is 35.5. The normalized spacial score (nSPS) is 11.3. The third-order valence-corrected chi connectivity index (χ3v) is 3.55. The molecule has 0 bridgehead atoms. The number of nitrogens with one attached hydrogen (secondary N) is 1. The van der Waals surface area contributed by atoms with Crippen molar-refractivity contribution in [3.63, 3.8) is 0 Å². The van der Waals surface area contributed by atoms with Crippen molar-refractivity contribution < 1.29 is 9.90 Å². The van der Waals surface area contributed by atoms with Crippen molar-refractivity contribution in [1.82, 2.24) is 5.32 Å². The van der Waals surface area contributed by atoms with Crippen LogP contribution in [0.2, 0.25) is 5.02 Å². The summed E-state index contributed by atoms with van der Waals surface area (Å²) in [4.78, 5) is 12.7. The van der Waals surface area contributed by atoms with Gasteiger partial charge in [0.2, 0.25) is 5.91 Å². The molecule has 0 saturated carbocycles. The second-order valence-corrected chi connectivity index (χ2v) is 6.25.